The number of nitrogens with two attached hydrogens (primary N) is 1. The number of halogens is 2. The minimum absolute atomic E-state index is 0.0804. The van der Waals surface area contributed by atoms with Crippen LogP contribution < -0.4 is 10.5 Å². The highest BCUT2D eigenvalue weighted by Crippen LogP contribution is 2.29. The van der Waals surface area contributed by atoms with Gasteiger partial charge in [-0.25, -0.2) is 0 Å². The molecule has 4 heteroatoms. The summed E-state index contributed by atoms with van der Waals surface area (Å²) in [5.74, 6) is 0.820. The molecular weight excluding hydrogens is 370 g/mol. The molecule has 0 aliphatic rings. The van der Waals surface area contributed by atoms with Crippen molar-refractivity contribution in [2.45, 2.75) is 12.5 Å². The summed E-state index contributed by atoms with van der Waals surface area (Å²) >= 11 is 7.10. The fourth-order valence-corrected chi connectivity index (χ4v) is 2.93. The van der Waals surface area contributed by atoms with Gasteiger partial charge in [-0.3, -0.25) is 0 Å². The first-order valence-corrected chi connectivity index (χ1v) is 7.53. The third-order valence-electron chi connectivity index (χ3n) is 3.00. The molecule has 0 bridgehead atoms. The lowest BCUT2D eigenvalue weighted by Crippen LogP contribution is -2.14. The molecule has 2 rings (SSSR count). The molecule has 2 N–H and O–H groups in total. The van der Waals surface area contributed by atoms with Gasteiger partial charge in [-0.1, -0.05) is 50.1 Å². The van der Waals surface area contributed by atoms with Crippen molar-refractivity contribution in [3.63, 3.8) is 0 Å². The van der Waals surface area contributed by atoms with Gasteiger partial charge >= 0.3 is 0 Å². The van der Waals surface area contributed by atoms with E-state index in [1.807, 2.05) is 36.4 Å². The Balaban J connectivity index is 2.25. The van der Waals surface area contributed by atoms with E-state index in [9.17, 15) is 0 Å². The molecule has 0 aromatic heterocycles. The predicted octanol–water partition coefficient (Wildman–Crippen LogP) is 4.46. The zero-order valence-corrected chi connectivity index (χ0v) is 13.7. The van der Waals surface area contributed by atoms with E-state index in [4.69, 9.17) is 10.5 Å². The standard InChI is InChI=1S/C15H15Br2NO/c1-19-11-6-7-14(17)12(9-11)15(18)8-10-4-2-3-5-13(10)16/h2-7,9,15H,8,18H2,1H3. The Morgan fingerprint density at radius 2 is 1.84 bits per heavy atom. The van der Waals surface area contributed by atoms with Crippen molar-refractivity contribution in [2.75, 3.05) is 7.11 Å². The van der Waals surface area contributed by atoms with E-state index in [0.717, 1.165) is 26.7 Å². The molecule has 0 spiro atoms. The van der Waals surface area contributed by atoms with Crippen LogP contribution in [0.3, 0.4) is 0 Å². The molecule has 0 radical (unpaired) electrons. The van der Waals surface area contributed by atoms with Crippen molar-refractivity contribution < 1.29 is 4.74 Å². The second-order valence-electron chi connectivity index (χ2n) is 4.29. The Kier molecular flexibility index (Phi) is 5.02. The molecule has 0 heterocycles. The molecule has 1 unspecified atom stereocenters. The lowest BCUT2D eigenvalue weighted by Gasteiger charge is -2.16. The van der Waals surface area contributed by atoms with Crippen molar-refractivity contribution in [1.82, 2.24) is 0 Å². The minimum Gasteiger partial charge on any atom is -0.497 e. The third kappa shape index (κ3) is 3.59. The van der Waals surface area contributed by atoms with Crippen molar-refractivity contribution in [2.24, 2.45) is 5.73 Å². The van der Waals surface area contributed by atoms with Crippen LogP contribution in [0.1, 0.15) is 17.2 Å². The largest absolute Gasteiger partial charge is 0.497 e. The van der Waals surface area contributed by atoms with Gasteiger partial charge < -0.3 is 10.5 Å². The molecule has 0 amide bonds. The van der Waals surface area contributed by atoms with Crippen LogP contribution in [0, 0.1) is 0 Å². The Labute approximate surface area is 130 Å². The number of ether oxygens (including phenoxy) is 1. The Bertz CT molecular complexity index is 572. The minimum atomic E-state index is -0.0804. The monoisotopic (exact) mass is 383 g/mol. The maximum absolute atomic E-state index is 6.31. The van der Waals surface area contributed by atoms with E-state index in [1.54, 1.807) is 7.11 Å². The highest BCUT2D eigenvalue weighted by Gasteiger charge is 2.13. The summed E-state index contributed by atoms with van der Waals surface area (Å²) in [6.07, 6.45) is 0.771. The van der Waals surface area contributed by atoms with Gasteiger partial charge in [0.05, 0.1) is 7.11 Å². The van der Waals surface area contributed by atoms with Crippen LogP contribution in [0.15, 0.2) is 51.4 Å². The van der Waals surface area contributed by atoms with Gasteiger partial charge in [0.15, 0.2) is 0 Å². The van der Waals surface area contributed by atoms with E-state index in [2.05, 4.69) is 37.9 Å². The van der Waals surface area contributed by atoms with Gasteiger partial charge in [-0.15, -0.1) is 0 Å². The molecule has 0 fully saturated rings. The second kappa shape index (κ2) is 6.55. The number of rotatable bonds is 4. The van der Waals surface area contributed by atoms with E-state index < -0.39 is 0 Å². The maximum atomic E-state index is 6.31. The number of hydrogen-bond acceptors (Lipinski definition) is 2. The zero-order chi connectivity index (χ0) is 13.8. The fraction of sp³-hybridized carbons (Fsp3) is 0.200. The quantitative estimate of drug-likeness (QED) is 0.844. The number of hydrogen-bond donors (Lipinski definition) is 1. The Hall–Kier alpha value is -0.840. The summed E-state index contributed by atoms with van der Waals surface area (Å²) in [5.41, 5.74) is 8.56. The van der Waals surface area contributed by atoms with Gasteiger partial charge in [-0.2, -0.15) is 0 Å². The Morgan fingerprint density at radius 3 is 2.53 bits per heavy atom. The summed E-state index contributed by atoms with van der Waals surface area (Å²) < 4.78 is 7.34. The number of methoxy groups -OCH3 is 1. The molecule has 0 aliphatic carbocycles. The van der Waals surface area contributed by atoms with E-state index >= 15 is 0 Å². The molecular formula is C15H15Br2NO. The highest BCUT2D eigenvalue weighted by atomic mass is 79.9. The third-order valence-corrected chi connectivity index (χ3v) is 4.50. The highest BCUT2D eigenvalue weighted by molar-refractivity contribution is 9.10. The molecule has 19 heavy (non-hydrogen) atoms. The summed E-state index contributed by atoms with van der Waals surface area (Å²) in [4.78, 5) is 0. The molecule has 100 valence electrons. The van der Waals surface area contributed by atoms with Crippen LogP contribution in [0.4, 0.5) is 0 Å². The summed E-state index contributed by atoms with van der Waals surface area (Å²) in [5, 5.41) is 0. The van der Waals surface area contributed by atoms with E-state index in [-0.39, 0.29) is 6.04 Å². The van der Waals surface area contributed by atoms with Crippen molar-refractivity contribution in [1.29, 1.82) is 0 Å². The molecule has 2 nitrogen and oxygen atoms in total. The van der Waals surface area contributed by atoms with Crippen molar-refractivity contribution in [3.8, 4) is 5.75 Å². The molecule has 0 aliphatic heterocycles. The molecule has 1 atom stereocenters. The summed E-state index contributed by atoms with van der Waals surface area (Å²) in [6, 6.07) is 13.9. The summed E-state index contributed by atoms with van der Waals surface area (Å²) in [7, 11) is 1.66. The first-order valence-electron chi connectivity index (χ1n) is 5.94. The fourth-order valence-electron chi connectivity index (χ4n) is 1.94. The van der Waals surface area contributed by atoms with Crippen LogP contribution in [0.25, 0.3) is 0 Å². The summed E-state index contributed by atoms with van der Waals surface area (Å²) in [6.45, 7) is 0. The van der Waals surface area contributed by atoms with Crippen LogP contribution in [0.5, 0.6) is 5.75 Å². The van der Waals surface area contributed by atoms with Crippen LogP contribution in [-0.2, 0) is 6.42 Å². The van der Waals surface area contributed by atoms with Crippen LogP contribution in [-0.4, -0.2) is 7.11 Å². The number of benzene rings is 2. The first kappa shape index (κ1) is 14.6. The zero-order valence-electron chi connectivity index (χ0n) is 10.6. The maximum Gasteiger partial charge on any atom is 0.119 e. The average molecular weight is 385 g/mol. The van der Waals surface area contributed by atoms with Gasteiger partial charge in [0.25, 0.3) is 0 Å². The SMILES string of the molecule is COc1ccc(Br)c(C(N)Cc2ccccc2Br)c1. The lowest BCUT2D eigenvalue weighted by atomic mass is 9.99. The first-order chi connectivity index (χ1) is 9.11. The van der Waals surface area contributed by atoms with Crippen LogP contribution >= 0.6 is 31.9 Å². The normalized spacial score (nSPS) is 12.2. The average Bonchev–Trinajstić information content (AvgIpc) is 2.42. The van der Waals surface area contributed by atoms with Crippen molar-refractivity contribution in [3.05, 3.63) is 62.5 Å². The lowest BCUT2D eigenvalue weighted by molar-refractivity contribution is 0.413. The van der Waals surface area contributed by atoms with Crippen molar-refractivity contribution >= 4 is 31.9 Å². The topological polar surface area (TPSA) is 35.2 Å². The molecule has 2 aromatic carbocycles. The van der Waals surface area contributed by atoms with Crippen LogP contribution in [0.2, 0.25) is 0 Å². The van der Waals surface area contributed by atoms with Gasteiger partial charge in [0, 0.05) is 15.0 Å². The van der Waals surface area contributed by atoms with E-state index in [0.29, 0.717) is 0 Å². The molecule has 0 saturated carbocycles. The Morgan fingerprint density at radius 1 is 1.11 bits per heavy atom. The van der Waals surface area contributed by atoms with Gasteiger partial charge in [-0.05, 0) is 41.8 Å². The van der Waals surface area contributed by atoms with Gasteiger partial charge in [0.1, 0.15) is 5.75 Å². The molecule has 2 aromatic rings. The predicted molar refractivity (Wildman–Crippen MR) is 85.5 cm³/mol. The molecule has 0 saturated heterocycles. The second-order valence-corrected chi connectivity index (χ2v) is 6.00. The van der Waals surface area contributed by atoms with E-state index in [1.165, 1.54) is 5.56 Å². The smallest absolute Gasteiger partial charge is 0.119 e. The van der Waals surface area contributed by atoms with Gasteiger partial charge in [0.2, 0.25) is 0 Å².